The number of carbonyl (C=O) groups excluding carboxylic acids is 1. The second kappa shape index (κ2) is 11.5. The van der Waals surface area contributed by atoms with Crippen molar-refractivity contribution in [2.45, 2.75) is 38.0 Å². The molecule has 1 amide bonds. The van der Waals surface area contributed by atoms with E-state index in [9.17, 15) is 4.79 Å². The first kappa shape index (κ1) is 24.9. The number of carbonyl (C=O) groups is 1. The minimum absolute atomic E-state index is 0.0331. The average molecular weight is 497 g/mol. The maximum Gasteiger partial charge on any atom is 0.277 e. The van der Waals surface area contributed by atoms with Crippen molar-refractivity contribution < 1.29 is 18.7 Å². The summed E-state index contributed by atoms with van der Waals surface area (Å²) in [7, 11) is 3.28. The fourth-order valence-electron chi connectivity index (χ4n) is 4.48. The molecule has 0 radical (unpaired) electrons. The monoisotopic (exact) mass is 496 g/mol. The minimum Gasteiger partial charge on any atom is -0.497 e. The molecule has 1 fully saturated rings. The SMILES string of the molecule is CCN(CC)c1ccc(-c2nnc(SCC(=O)N3CCCC3c3cc(OC)ccc3OC)o2)cc1. The van der Waals surface area contributed by atoms with Crippen molar-refractivity contribution in [2.75, 3.05) is 44.5 Å². The van der Waals surface area contributed by atoms with Crippen LogP contribution in [0.3, 0.4) is 0 Å². The molecule has 2 heterocycles. The summed E-state index contributed by atoms with van der Waals surface area (Å²) in [6.07, 6.45) is 1.82. The highest BCUT2D eigenvalue weighted by Gasteiger charge is 2.32. The van der Waals surface area contributed by atoms with E-state index in [-0.39, 0.29) is 17.7 Å². The molecule has 2 aromatic carbocycles. The van der Waals surface area contributed by atoms with Crippen LogP contribution in [-0.2, 0) is 4.79 Å². The van der Waals surface area contributed by atoms with Gasteiger partial charge in [-0.25, -0.2) is 0 Å². The van der Waals surface area contributed by atoms with Gasteiger partial charge in [0.15, 0.2) is 0 Å². The second-order valence-corrected chi connectivity index (χ2v) is 9.16. The lowest BCUT2D eigenvalue weighted by Crippen LogP contribution is -2.32. The molecule has 8 nitrogen and oxygen atoms in total. The van der Waals surface area contributed by atoms with Crippen molar-refractivity contribution in [1.29, 1.82) is 0 Å². The van der Waals surface area contributed by atoms with E-state index in [4.69, 9.17) is 13.9 Å². The highest BCUT2D eigenvalue weighted by Crippen LogP contribution is 2.39. The van der Waals surface area contributed by atoms with Crippen LogP contribution in [0.4, 0.5) is 5.69 Å². The van der Waals surface area contributed by atoms with Crippen LogP contribution in [-0.4, -0.2) is 60.6 Å². The van der Waals surface area contributed by atoms with Crippen LogP contribution in [0.1, 0.15) is 38.3 Å². The number of hydrogen-bond donors (Lipinski definition) is 0. The number of amides is 1. The Kier molecular flexibility index (Phi) is 8.17. The third kappa shape index (κ3) is 5.56. The zero-order valence-electron chi connectivity index (χ0n) is 20.7. The fourth-order valence-corrected chi connectivity index (χ4v) is 5.13. The molecule has 9 heteroatoms. The summed E-state index contributed by atoms with van der Waals surface area (Å²) >= 11 is 1.27. The van der Waals surface area contributed by atoms with E-state index in [0.29, 0.717) is 17.7 Å². The highest BCUT2D eigenvalue weighted by molar-refractivity contribution is 7.99. The van der Waals surface area contributed by atoms with Gasteiger partial charge in [0.25, 0.3) is 5.22 Å². The first-order chi connectivity index (χ1) is 17.1. The van der Waals surface area contributed by atoms with Crippen LogP contribution in [0.15, 0.2) is 52.1 Å². The fraction of sp³-hybridized carbons (Fsp3) is 0.423. The lowest BCUT2D eigenvalue weighted by Gasteiger charge is -2.26. The number of hydrogen-bond acceptors (Lipinski definition) is 8. The normalized spacial score (nSPS) is 15.3. The molecule has 0 N–H and O–H groups in total. The van der Waals surface area contributed by atoms with Gasteiger partial charge in [-0.05, 0) is 69.2 Å². The summed E-state index contributed by atoms with van der Waals surface area (Å²) in [6, 6.07) is 13.7. The molecule has 1 saturated heterocycles. The van der Waals surface area contributed by atoms with Crippen molar-refractivity contribution in [3.63, 3.8) is 0 Å². The summed E-state index contributed by atoms with van der Waals surface area (Å²) in [4.78, 5) is 17.3. The zero-order chi connectivity index (χ0) is 24.8. The average Bonchev–Trinajstić information content (AvgIpc) is 3.58. The van der Waals surface area contributed by atoms with Gasteiger partial charge in [0.1, 0.15) is 11.5 Å². The Bertz CT molecular complexity index is 1130. The molecular weight excluding hydrogens is 464 g/mol. The van der Waals surface area contributed by atoms with Gasteiger partial charge in [0.05, 0.1) is 26.0 Å². The van der Waals surface area contributed by atoms with Crippen molar-refractivity contribution >= 4 is 23.4 Å². The molecule has 0 aliphatic carbocycles. The van der Waals surface area contributed by atoms with Gasteiger partial charge in [0.2, 0.25) is 11.8 Å². The molecule has 1 aliphatic rings. The van der Waals surface area contributed by atoms with Gasteiger partial charge in [-0.1, -0.05) is 11.8 Å². The first-order valence-electron chi connectivity index (χ1n) is 11.9. The number of likely N-dealkylation sites (tertiary alicyclic amines) is 1. The number of thioether (sulfide) groups is 1. The molecule has 1 aliphatic heterocycles. The molecular formula is C26H32N4O4S. The van der Waals surface area contributed by atoms with Gasteiger partial charge in [-0.15, -0.1) is 10.2 Å². The summed E-state index contributed by atoms with van der Waals surface area (Å²) in [6.45, 7) is 6.88. The number of nitrogens with zero attached hydrogens (tertiary/aromatic N) is 4. The van der Waals surface area contributed by atoms with Crippen molar-refractivity contribution in [3.05, 3.63) is 48.0 Å². The quantitative estimate of drug-likeness (QED) is 0.361. The Balaban J connectivity index is 1.40. The number of methoxy groups -OCH3 is 2. The summed E-state index contributed by atoms with van der Waals surface area (Å²) < 4.78 is 16.8. The molecule has 1 atom stereocenters. The molecule has 0 spiro atoms. The second-order valence-electron chi connectivity index (χ2n) is 8.23. The molecule has 1 unspecified atom stereocenters. The Labute approximate surface area is 210 Å². The number of rotatable bonds is 10. The lowest BCUT2D eigenvalue weighted by molar-refractivity contribution is -0.129. The van der Waals surface area contributed by atoms with Crippen LogP contribution in [0.2, 0.25) is 0 Å². The third-order valence-corrected chi connectivity index (χ3v) is 7.14. The minimum atomic E-state index is -0.0456. The Morgan fingerprint density at radius 1 is 1.11 bits per heavy atom. The molecule has 1 aromatic heterocycles. The predicted molar refractivity (Wildman–Crippen MR) is 137 cm³/mol. The van der Waals surface area contributed by atoms with Crippen LogP contribution < -0.4 is 14.4 Å². The van der Waals surface area contributed by atoms with Crippen LogP contribution >= 0.6 is 11.8 Å². The molecule has 3 aromatic rings. The number of ether oxygens (including phenoxy) is 2. The molecule has 35 heavy (non-hydrogen) atoms. The molecule has 0 saturated carbocycles. The van der Waals surface area contributed by atoms with Gasteiger partial charge >= 0.3 is 0 Å². The standard InChI is InChI=1S/C26H32N4O4S/c1-5-29(6-2)19-11-9-18(10-12-19)25-27-28-26(34-25)35-17-24(31)30-15-7-8-22(30)21-16-20(32-3)13-14-23(21)33-4/h9-14,16,22H,5-8,15,17H2,1-4H3. The summed E-state index contributed by atoms with van der Waals surface area (Å²) in [5, 5.41) is 8.70. The third-order valence-electron chi connectivity index (χ3n) is 6.34. The maximum atomic E-state index is 13.1. The van der Waals surface area contributed by atoms with Crippen molar-refractivity contribution in [2.24, 2.45) is 0 Å². The Morgan fingerprint density at radius 2 is 1.89 bits per heavy atom. The Morgan fingerprint density at radius 3 is 2.57 bits per heavy atom. The van der Waals surface area contributed by atoms with E-state index in [1.165, 1.54) is 11.8 Å². The van der Waals surface area contributed by atoms with Crippen LogP contribution in [0.5, 0.6) is 11.5 Å². The molecule has 0 bridgehead atoms. The molecule has 186 valence electrons. The van der Waals surface area contributed by atoms with E-state index in [1.807, 2.05) is 35.2 Å². The largest absolute Gasteiger partial charge is 0.497 e. The van der Waals surface area contributed by atoms with Crippen molar-refractivity contribution in [1.82, 2.24) is 15.1 Å². The van der Waals surface area contributed by atoms with Crippen molar-refractivity contribution in [3.8, 4) is 23.0 Å². The Hall–Kier alpha value is -3.20. The smallest absolute Gasteiger partial charge is 0.277 e. The maximum absolute atomic E-state index is 13.1. The van der Waals surface area contributed by atoms with Gasteiger partial charge in [-0.3, -0.25) is 4.79 Å². The van der Waals surface area contributed by atoms with Gasteiger partial charge < -0.3 is 23.7 Å². The predicted octanol–water partition coefficient (Wildman–Crippen LogP) is 5.06. The van der Waals surface area contributed by atoms with E-state index < -0.39 is 0 Å². The number of anilines is 1. The van der Waals surface area contributed by atoms with Crippen LogP contribution in [0, 0.1) is 0 Å². The summed E-state index contributed by atoms with van der Waals surface area (Å²) in [5.74, 6) is 2.22. The number of aromatic nitrogens is 2. The first-order valence-corrected chi connectivity index (χ1v) is 12.9. The number of benzene rings is 2. The summed E-state index contributed by atoms with van der Waals surface area (Å²) in [5.41, 5.74) is 2.98. The molecule has 4 rings (SSSR count). The van der Waals surface area contributed by atoms with E-state index in [2.05, 4.69) is 41.1 Å². The lowest BCUT2D eigenvalue weighted by atomic mass is 10.0. The zero-order valence-corrected chi connectivity index (χ0v) is 21.5. The highest BCUT2D eigenvalue weighted by atomic mass is 32.2. The van der Waals surface area contributed by atoms with E-state index >= 15 is 0 Å². The van der Waals surface area contributed by atoms with Gasteiger partial charge in [0, 0.05) is 36.4 Å². The van der Waals surface area contributed by atoms with Gasteiger partial charge in [-0.2, -0.15) is 0 Å². The van der Waals surface area contributed by atoms with E-state index in [1.54, 1.807) is 14.2 Å². The van der Waals surface area contributed by atoms with Crippen LogP contribution in [0.25, 0.3) is 11.5 Å². The van der Waals surface area contributed by atoms with E-state index in [0.717, 1.165) is 54.2 Å². The topological polar surface area (TPSA) is 80.9 Å².